The van der Waals surface area contributed by atoms with Crippen molar-refractivity contribution in [3.8, 4) is 0 Å². The first kappa shape index (κ1) is 11.7. The summed E-state index contributed by atoms with van der Waals surface area (Å²) in [5, 5.41) is 9.96. The van der Waals surface area contributed by atoms with E-state index in [-0.39, 0.29) is 6.10 Å². The summed E-state index contributed by atoms with van der Waals surface area (Å²) in [4.78, 5) is 0. The molecule has 3 nitrogen and oxygen atoms in total. The third-order valence-electron chi connectivity index (χ3n) is 3.29. The van der Waals surface area contributed by atoms with Crippen LogP contribution < -0.4 is 0 Å². The van der Waals surface area contributed by atoms with Crippen LogP contribution in [0.3, 0.4) is 0 Å². The standard InChI is InChI=1S/C13H20O3/c1-10-12(7-9-15-10)13(14)6-2-4-11-5-3-8-16-11/h7,9,11,13-14H,2-6,8H2,1H3. The average Bonchev–Trinajstić information content (AvgIpc) is 2.88. The molecule has 2 heterocycles. The van der Waals surface area contributed by atoms with E-state index in [2.05, 4.69) is 0 Å². The molecule has 1 fully saturated rings. The van der Waals surface area contributed by atoms with E-state index in [1.54, 1.807) is 6.26 Å². The van der Waals surface area contributed by atoms with Crippen LogP contribution in [0.5, 0.6) is 0 Å². The molecule has 0 amide bonds. The molecule has 2 unspecified atom stereocenters. The predicted octanol–water partition coefficient (Wildman–Crippen LogP) is 2.97. The van der Waals surface area contributed by atoms with Crippen molar-refractivity contribution in [1.82, 2.24) is 0 Å². The first-order valence-electron chi connectivity index (χ1n) is 6.11. The van der Waals surface area contributed by atoms with E-state index in [4.69, 9.17) is 9.15 Å². The van der Waals surface area contributed by atoms with Crippen LogP contribution in [-0.4, -0.2) is 17.8 Å². The van der Waals surface area contributed by atoms with Gasteiger partial charge in [0.2, 0.25) is 0 Å². The molecule has 1 aromatic heterocycles. The molecule has 1 aliphatic heterocycles. The Morgan fingerprint density at radius 3 is 3.06 bits per heavy atom. The fourth-order valence-electron chi connectivity index (χ4n) is 2.31. The minimum Gasteiger partial charge on any atom is -0.469 e. The van der Waals surface area contributed by atoms with Gasteiger partial charge in [-0.3, -0.25) is 0 Å². The molecule has 1 N–H and O–H groups in total. The van der Waals surface area contributed by atoms with Gasteiger partial charge in [0.1, 0.15) is 5.76 Å². The molecule has 1 aromatic rings. The van der Waals surface area contributed by atoms with Crippen LogP contribution in [0, 0.1) is 6.92 Å². The van der Waals surface area contributed by atoms with Crippen LogP contribution in [0.2, 0.25) is 0 Å². The third kappa shape index (κ3) is 2.86. The zero-order valence-corrected chi connectivity index (χ0v) is 9.82. The van der Waals surface area contributed by atoms with Gasteiger partial charge in [0.25, 0.3) is 0 Å². The lowest BCUT2D eigenvalue weighted by atomic mass is 10.0. The molecule has 3 heteroatoms. The zero-order valence-electron chi connectivity index (χ0n) is 9.82. The molecular weight excluding hydrogens is 204 g/mol. The summed E-state index contributed by atoms with van der Waals surface area (Å²) in [7, 11) is 0. The van der Waals surface area contributed by atoms with Gasteiger partial charge in [0.05, 0.1) is 18.5 Å². The summed E-state index contributed by atoms with van der Waals surface area (Å²) in [6, 6.07) is 1.85. The molecule has 0 bridgehead atoms. The van der Waals surface area contributed by atoms with E-state index >= 15 is 0 Å². The highest BCUT2D eigenvalue weighted by Gasteiger charge is 2.17. The van der Waals surface area contributed by atoms with E-state index in [1.807, 2.05) is 13.0 Å². The first-order valence-corrected chi connectivity index (χ1v) is 6.11. The minimum atomic E-state index is -0.389. The Morgan fingerprint density at radius 1 is 1.56 bits per heavy atom. The maximum absolute atomic E-state index is 9.96. The largest absolute Gasteiger partial charge is 0.469 e. The Bertz CT molecular complexity index is 313. The molecule has 0 saturated carbocycles. The highest BCUT2D eigenvalue weighted by Crippen LogP contribution is 2.25. The molecule has 0 spiro atoms. The quantitative estimate of drug-likeness (QED) is 0.836. The van der Waals surface area contributed by atoms with Crippen molar-refractivity contribution in [2.24, 2.45) is 0 Å². The van der Waals surface area contributed by atoms with Crippen LogP contribution >= 0.6 is 0 Å². The molecule has 0 aliphatic carbocycles. The van der Waals surface area contributed by atoms with Gasteiger partial charge in [-0.2, -0.15) is 0 Å². The Kier molecular flexibility index (Phi) is 4.02. The van der Waals surface area contributed by atoms with E-state index in [9.17, 15) is 5.11 Å². The SMILES string of the molecule is Cc1occc1C(O)CCCC1CCCO1. The summed E-state index contributed by atoms with van der Waals surface area (Å²) in [6.45, 7) is 2.80. The Hall–Kier alpha value is -0.800. The van der Waals surface area contributed by atoms with Crippen LogP contribution in [0.25, 0.3) is 0 Å². The Labute approximate surface area is 96.4 Å². The number of rotatable bonds is 5. The highest BCUT2D eigenvalue weighted by atomic mass is 16.5. The lowest BCUT2D eigenvalue weighted by Crippen LogP contribution is -2.06. The summed E-state index contributed by atoms with van der Waals surface area (Å²) in [5.74, 6) is 0.824. The molecule has 1 aliphatic rings. The van der Waals surface area contributed by atoms with Crippen LogP contribution in [0.1, 0.15) is 49.5 Å². The van der Waals surface area contributed by atoms with Crippen molar-refractivity contribution >= 4 is 0 Å². The normalized spacial score (nSPS) is 22.5. The number of aliphatic hydroxyl groups excluding tert-OH is 1. The van der Waals surface area contributed by atoms with Gasteiger partial charge >= 0.3 is 0 Å². The van der Waals surface area contributed by atoms with Crippen molar-refractivity contribution in [2.75, 3.05) is 6.61 Å². The van der Waals surface area contributed by atoms with Crippen LogP contribution in [0.4, 0.5) is 0 Å². The van der Waals surface area contributed by atoms with Crippen LogP contribution in [0.15, 0.2) is 16.7 Å². The summed E-state index contributed by atoms with van der Waals surface area (Å²) in [5.41, 5.74) is 0.923. The van der Waals surface area contributed by atoms with E-state index in [1.165, 1.54) is 12.8 Å². The van der Waals surface area contributed by atoms with E-state index in [0.717, 1.165) is 37.2 Å². The van der Waals surface area contributed by atoms with E-state index < -0.39 is 0 Å². The number of ether oxygens (including phenoxy) is 1. The maximum atomic E-state index is 9.96. The molecular formula is C13H20O3. The zero-order chi connectivity index (χ0) is 11.4. The Morgan fingerprint density at radius 2 is 2.44 bits per heavy atom. The fraction of sp³-hybridized carbons (Fsp3) is 0.692. The summed E-state index contributed by atoms with van der Waals surface area (Å²) < 4.78 is 10.7. The molecule has 2 atom stereocenters. The monoisotopic (exact) mass is 224 g/mol. The fourth-order valence-corrected chi connectivity index (χ4v) is 2.31. The van der Waals surface area contributed by atoms with Crippen LogP contribution in [-0.2, 0) is 4.74 Å². The van der Waals surface area contributed by atoms with Crippen molar-refractivity contribution in [1.29, 1.82) is 0 Å². The highest BCUT2D eigenvalue weighted by molar-refractivity contribution is 5.18. The van der Waals surface area contributed by atoms with Gasteiger partial charge in [0.15, 0.2) is 0 Å². The van der Waals surface area contributed by atoms with Gasteiger partial charge in [-0.05, 0) is 45.1 Å². The Balaban J connectivity index is 1.71. The lowest BCUT2D eigenvalue weighted by molar-refractivity contribution is 0.0943. The first-order chi connectivity index (χ1) is 7.77. The second-order valence-corrected chi connectivity index (χ2v) is 4.51. The molecule has 0 radical (unpaired) electrons. The number of aryl methyl sites for hydroxylation is 1. The lowest BCUT2D eigenvalue weighted by Gasteiger charge is -2.12. The number of aliphatic hydroxyl groups is 1. The topological polar surface area (TPSA) is 42.6 Å². The van der Waals surface area contributed by atoms with Gasteiger partial charge < -0.3 is 14.3 Å². The smallest absolute Gasteiger partial charge is 0.106 e. The van der Waals surface area contributed by atoms with Gasteiger partial charge in [-0.1, -0.05) is 0 Å². The maximum Gasteiger partial charge on any atom is 0.106 e. The number of hydrogen-bond acceptors (Lipinski definition) is 3. The van der Waals surface area contributed by atoms with Crippen molar-refractivity contribution in [2.45, 2.75) is 51.2 Å². The van der Waals surface area contributed by atoms with Crippen molar-refractivity contribution in [3.63, 3.8) is 0 Å². The predicted molar refractivity (Wildman–Crippen MR) is 61.2 cm³/mol. The van der Waals surface area contributed by atoms with Gasteiger partial charge in [-0.25, -0.2) is 0 Å². The molecule has 2 rings (SSSR count). The molecule has 1 saturated heterocycles. The summed E-state index contributed by atoms with van der Waals surface area (Å²) >= 11 is 0. The van der Waals surface area contributed by atoms with Crippen molar-refractivity contribution < 1.29 is 14.3 Å². The van der Waals surface area contributed by atoms with Crippen molar-refractivity contribution in [3.05, 3.63) is 23.7 Å². The number of furan rings is 1. The molecule has 16 heavy (non-hydrogen) atoms. The second-order valence-electron chi connectivity index (χ2n) is 4.51. The molecule has 0 aromatic carbocycles. The number of hydrogen-bond donors (Lipinski definition) is 1. The van der Waals surface area contributed by atoms with Gasteiger partial charge in [-0.15, -0.1) is 0 Å². The van der Waals surface area contributed by atoms with Gasteiger partial charge in [0, 0.05) is 12.2 Å². The average molecular weight is 224 g/mol. The molecule has 90 valence electrons. The second kappa shape index (κ2) is 5.51. The summed E-state index contributed by atoms with van der Waals surface area (Å²) in [6.07, 6.45) is 6.91. The minimum absolute atomic E-state index is 0.389. The third-order valence-corrected chi connectivity index (χ3v) is 3.29. The van der Waals surface area contributed by atoms with E-state index in [0.29, 0.717) is 6.10 Å².